The van der Waals surface area contributed by atoms with E-state index in [4.69, 9.17) is 0 Å². The van der Waals surface area contributed by atoms with E-state index in [1.54, 1.807) is 0 Å². The van der Waals surface area contributed by atoms with Crippen molar-refractivity contribution < 1.29 is 0 Å². The zero-order chi connectivity index (χ0) is 17.4. The smallest absolute Gasteiger partial charge is 0.176 e. The number of anilines is 1. The summed E-state index contributed by atoms with van der Waals surface area (Å²) in [7, 11) is 1.96. The summed E-state index contributed by atoms with van der Waals surface area (Å²) in [5, 5.41) is 17.5. The minimum atomic E-state index is 0.640. The molecule has 3 aromatic heterocycles. The fourth-order valence-electron chi connectivity index (χ4n) is 3.58. The normalized spacial score (nSPS) is 17.4. The van der Waals surface area contributed by atoms with Crippen LogP contribution in [0.5, 0.6) is 0 Å². The summed E-state index contributed by atoms with van der Waals surface area (Å²) in [6.07, 6.45) is 6.31. The molecule has 130 valence electrons. The Balaban J connectivity index is 1.43. The average Bonchev–Trinajstić information content (AvgIpc) is 3.29. The van der Waals surface area contributed by atoms with E-state index in [1.807, 2.05) is 54.7 Å². The second-order valence-corrected chi connectivity index (χ2v) is 6.92. The van der Waals surface area contributed by atoms with Gasteiger partial charge < -0.3 is 4.90 Å². The number of aromatic nitrogens is 6. The van der Waals surface area contributed by atoms with E-state index in [1.165, 1.54) is 12.0 Å². The van der Waals surface area contributed by atoms with Crippen molar-refractivity contribution in [1.29, 1.82) is 0 Å². The van der Waals surface area contributed by atoms with Crippen LogP contribution in [-0.2, 0) is 13.5 Å². The van der Waals surface area contributed by atoms with Crippen LogP contribution in [0.3, 0.4) is 0 Å². The molecule has 1 aliphatic heterocycles. The molecule has 0 saturated carbocycles. The molecule has 4 heterocycles. The van der Waals surface area contributed by atoms with Gasteiger partial charge in [-0.1, -0.05) is 0 Å². The monoisotopic (exact) mass is 337 g/mol. The second kappa shape index (κ2) is 6.31. The summed E-state index contributed by atoms with van der Waals surface area (Å²) in [4.78, 5) is 2.32. The van der Waals surface area contributed by atoms with E-state index >= 15 is 0 Å². The molecule has 1 aliphatic rings. The Labute approximate surface area is 147 Å². The first-order chi connectivity index (χ1) is 12.1. The van der Waals surface area contributed by atoms with Gasteiger partial charge in [-0.15, -0.1) is 10.2 Å². The van der Waals surface area contributed by atoms with Crippen LogP contribution < -0.4 is 4.90 Å². The third kappa shape index (κ3) is 3.26. The third-order valence-corrected chi connectivity index (χ3v) is 4.76. The number of hydrogen-bond donors (Lipinski definition) is 0. The van der Waals surface area contributed by atoms with Crippen LogP contribution in [-0.4, -0.2) is 42.8 Å². The lowest BCUT2D eigenvalue weighted by molar-refractivity contribution is 0.585. The molecule has 7 nitrogen and oxygen atoms in total. The quantitative estimate of drug-likeness (QED) is 0.729. The maximum Gasteiger partial charge on any atom is 0.176 e. The zero-order valence-electron chi connectivity index (χ0n) is 14.9. The minimum absolute atomic E-state index is 0.640. The first kappa shape index (κ1) is 15.8. The van der Waals surface area contributed by atoms with Gasteiger partial charge in [-0.3, -0.25) is 4.68 Å². The van der Waals surface area contributed by atoms with Gasteiger partial charge in [-0.05, 0) is 56.4 Å². The second-order valence-electron chi connectivity index (χ2n) is 6.92. The summed E-state index contributed by atoms with van der Waals surface area (Å²) in [6.45, 7) is 6.05. The van der Waals surface area contributed by atoms with E-state index < -0.39 is 0 Å². The Bertz CT molecular complexity index is 862. The Kier molecular flexibility index (Phi) is 3.99. The van der Waals surface area contributed by atoms with Crippen molar-refractivity contribution in [2.45, 2.75) is 26.7 Å². The van der Waals surface area contributed by atoms with Gasteiger partial charge in [0.05, 0.1) is 11.9 Å². The van der Waals surface area contributed by atoms with Gasteiger partial charge in [-0.2, -0.15) is 10.2 Å². The van der Waals surface area contributed by atoms with Crippen LogP contribution >= 0.6 is 0 Å². The Hall–Kier alpha value is -2.70. The van der Waals surface area contributed by atoms with Gasteiger partial charge in [-0.25, -0.2) is 4.68 Å². The maximum atomic E-state index is 4.46. The molecule has 0 N–H and O–H groups in total. The van der Waals surface area contributed by atoms with Crippen molar-refractivity contribution in [1.82, 2.24) is 29.8 Å². The van der Waals surface area contributed by atoms with Gasteiger partial charge >= 0.3 is 0 Å². The van der Waals surface area contributed by atoms with Crippen molar-refractivity contribution in [2.24, 2.45) is 13.0 Å². The molecule has 25 heavy (non-hydrogen) atoms. The molecule has 1 fully saturated rings. The van der Waals surface area contributed by atoms with Crippen molar-refractivity contribution >= 4 is 5.82 Å². The molecular weight excluding hydrogens is 314 g/mol. The highest BCUT2D eigenvalue weighted by Crippen LogP contribution is 2.24. The van der Waals surface area contributed by atoms with Gasteiger partial charge in [0.2, 0.25) is 0 Å². The standard InChI is InChI=1S/C18H23N7/c1-13-8-14(2)25(22-13)18-5-4-17(20-21-18)24-7-6-15(12-24)9-16-10-19-23(3)11-16/h4-5,8,10-11,15H,6-7,9,12H2,1-3H3. The fourth-order valence-corrected chi connectivity index (χ4v) is 3.58. The highest BCUT2D eigenvalue weighted by Gasteiger charge is 2.24. The van der Waals surface area contributed by atoms with Crippen LogP contribution in [0.15, 0.2) is 30.6 Å². The van der Waals surface area contributed by atoms with E-state index in [9.17, 15) is 0 Å². The fraction of sp³-hybridized carbons (Fsp3) is 0.444. The lowest BCUT2D eigenvalue weighted by Gasteiger charge is -2.17. The molecule has 1 atom stereocenters. The van der Waals surface area contributed by atoms with Gasteiger partial charge in [0, 0.05) is 32.0 Å². The summed E-state index contributed by atoms with van der Waals surface area (Å²) in [5.74, 6) is 2.35. The summed E-state index contributed by atoms with van der Waals surface area (Å²) in [5.41, 5.74) is 3.36. The van der Waals surface area contributed by atoms with Gasteiger partial charge in [0.15, 0.2) is 11.6 Å². The van der Waals surface area contributed by atoms with Crippen LogP contribution in [0.4, 0.5) is 5.82 Å². The van der Waals surface area contributed by atoms with Crippen LogP contribution in [0.25, 0.3) is 5.82 Å². The molecule has 0 aromatic carbocycles. The molecule has 0 aliphatic carbocycles. The van der Waals surface area contributed by atoms with Crippen molar-refractivity contribution in [3.63, 3.8) is 0 Å². The van der Waals surface area contributed by atoms with Crippen LogP contribution in [0.2, 0.25) is 0 Å². The minimum Gasteiger partial charge on any atom is -0.355 e. The molecule has 0 bridgehead atoms. The lowest BCUT2D eigenvalue weighted by atomic mass is 10.0. The maximum absolute atomic E-state index is 4.46. The van der Waals surface area contributed by atoms with Gasteiger partial charge in [0.1, 0.15) is 0 Å². The topological polar surface area (TPSA) is 64.7 Å². The molecular formula is C18H23N7. The first-order valence-corrected chi connectivity index (χ1v) is 8.68. The number of rotatable bonds is 4. The van der Waals surface area contributed by atoms with E-state index in [2.05, 4.69) is 31.5 Å². The summed E-state index contributed by atoms with van der Waals surface area (Å²) >= 11 is 0. The molecule has 4 rings (SSSR count). The van der Waals surface area contributed by atoms with Crippen molar-refractivity contribution in [2.75, 3.05) is 18.0 Å². The summed E-state index contributed by atoms with van der Waals surface area (Å²) < 4.78 is 3.70. The SMILES string of the molecule is Cc1cc(C)n(-c2ccc(N3CCC(Cc4cnn(C)c4)C3)nn2)n1. The Morgan fingerprint density at radius 3 is 2.60 bits per heavy atom. The lowest BCUT2D eigenvalue weighted by Crippen LogP contribution is -2.22. The Morgan fingerprint density at radius 2 is 1.96 bits per heavy atom. The van der Waals surface area contributed by atoms with Crippen LogP contribution in [0, 0.1) is 19.8 Å². The highest BCUT2D eigenvalue weighted by atomic mass is 15.4. The Morgan fingerprint density at radius 1 is 1.16 bits per heavy atom. The van der Waals surface area contributed by atoms with Crippen molar-refractivity contribution in [3.05, 3.63) is 47.5 Å². The van der Waals surface area contributed by atoms with E-state index in [0.717, 1.165) is 42.5 Å². The number of hydrogen-bond acceptors (Lipinski definition) is 5. The molecule has 1 unspecified atom stereocenters. The van der Waals surface area contributed by atoms with Gasteiger partial charge in [0.25, 0.3) is 0 Å². The number of aryl methyl sites for hydroxylation is 3. The molecule has 1 saturated heterocycles. The predicted molar refractivity (Wildman–Crippen MR) is 95.9 cm³/mol. The molecule has 0 spiro atoms. The van der Waals surface area contributed by atoms with E-state index in [-0.39, 0.29) is 0 Å². The third-order valence-electron chi connectivity index (χ3n) is 4.76. The zero-order valence-corrected chi connectivity index (χ0v) is 14.9. The molecule has 3 aromatic rings. The predicted octanol–water partition coefficient (Wildman–Crippen LogP) is 2.08. The number of nitrogens with zero attached hydrogens (tertiary/aromatic N) is 7. The summed E-state index contributed by atoms with van der Waals surface area (Å²) in [6, 6.07) is 6.08. The largest absolute Gasteiger partial charge is 0.355 e. The van der Waals surface area contributed by atoms with Crippen LogP contribution in [0.1, 0.15) is 23.4 Å². The highest BCUT2D eigenvalue weighted by molar-refractivity contribution is 5.41. The molecule has 0 amide bonds. The molecule has 0 radical (unpaired) electrons. The van der Waals surface area contributed by atoms with E-state index in [0.29, 0.717) is 5.92 Å². The van der Waals surface area contributed by atoms with Crippen molar-refractivity contribution in [3.8, 4) is 5.82 Å². The molecule has 7 heteroatoms. The first-order valence-electron chi connectivity index (χ1n) is 8.68. The average molecular weight is 337 g/mol.